The van der Waals surface area contributed by atoms with Gasteiger partial charge in [-0.2, -0.15) is 0 Å². The van der Waals surface area contributed by atoms with Gasteiger partial charge < -0.3 is 0 Å². The predicted octanol–water partition coefficient (Wildman–Crippen LogP) is 6.34. The SMILES string of the molecule is Cc1cccc(-c2ccc(CC3CCC(C)CC3)cc2)c1C. The highest BCUT2D eigenvalue weighted by atomic mass is 14.2. The molecule has 0 aromatic heterocycles. The van der Waals surface area contributed by atoms with Gasteiger partial charge in [0.1, 0.15) is 0 Å². The lowest BCUT2D eigenvalue weighted by molar-refractivity contribution is 0.289. The number of aryl methyl sites for hydroxylation is 1. The predicted molar refractivity (Wildman–Crippen MR) is 96.2 cm³/mol. The summed E-state index contributed by atoms with van der Waals surface area (Å²) >= 11 is 0. The lowest BCUT2D eigenvalue weighted by Crippen LogP contribution is -2.14. The van der Waals surface area contributed by atoms with E-state index in [9.17, 15) is 0 Å². The van der Waals surface area contributed by atoms with Gasteiger partial charge in [-0.1, -0.05) is 62.2 Å². The molecule has 0 aliphatic heterocycles. The van der Waals surface area contributed by atoms with Crippen molar-refractivity contribution in [1.29, 1.82) is 0 Å². The zero-order chi connectivity index (χ0) is 15.5. The first-order chi connectivity index (χ1) is 10.6. The Hall–Kier alpha value is -1.56. The van der Waals surface area contributed by atoms with E-state index in [1.807, 2.05) is 0 Å². The van der Waals surface area contributed by atoms with Crippen LogP contribution in [-0.2, 0) is 6.42 Å². The molecule has 1 aliphatic rings. The summed E-state index contributed by atoms with van der Waals surface area (Å²) in [7, 11) is 0. The molecule has 116 valence electrons. The summed E-state index contributed by atoms with van der Waals surface area (Å²) in [5.74, 6) is 1.85. The van der Waals surface area contributed by atoms with Gasteiger partial charge in [0.25, 0.3) is 0 Å². The zero-order valence-electron chi connectivity index (χ0n) is 14.2. The molecule has 0 heterocycles. The van der Waals surface area contributed by atoms with E-state index in [1.54, 1.807) is 0 Å². The zero-order valence-corrected chi connectivity index (χ0v) is 14.2. The van der Waals surface area contributed by atoms with Crippen LogP contribution in [0.1, 0.15) is 49.3 Å². The second-order valence-electron chi connectivity index (χ2n) is 7.27. The molecule has 22 heavy (non-hydrogen) atoms. The Morgan fingerprint density at radius 3 is 2.23 bits per heavy atom. The van der Waals surface area contributed by atoms with Crippen molar-refractivity contribution in [3.8, 4) is 11.1 Å². The normalized spacial score (nSPS) is 21.8. The standard InChI is InChI=1S/C22H28/c1-16-7-9-19(10-8-16)15-20-11-13-21(14-12-20)22-6-4-5-17(2)18(22)3/h4-6,11-14,16,19H,7-10,15H2,1-3H3. The maximum atomic E-state index is 2.40. The molecule has 1 saturated carbocycles. The Bertz CT molecular complexity index is 613. The second kappa shape index (κ2) is 6.69. The van der Waals surface area contributed by atoms with Crippen LogP contribution in [0.5, 0.6) is 0 Å². The first-order valence-electron chi connectivity index (χ1n) is 8.79. The molecule has 1 aliphatic carbocycles. The topological polar surface area (TPSA) is 0 Å². The molecule has 0 unspecified atom stereocenters. The Kier molecular flexibility index (Phi) is 4.66. The van der Waals surface area contributed by atoms with Crippen molar-refractivity contribution in [1.82, 2.24) is 0 Å². The maximum absolute atomic E-state index is 2.40. The van der Waals surface area contributed by atoms with Gasteiger partial charge in [0.2, 0.25) is 0 Å². The van der Waals surface area contributed by atoms with E-state index in [-0.39, 0.29) is 0 Å². The highest BCUT2D eigenvalue weighted by Gasteiger charge is 2.18. The summed E-state index contributed by atoms with van der Waals surface area (Å²) in [6, 6.07) is 15.9. The minimum absolute atomic E-state index is 0.905. The van der Waals surface area contributed by atoms with E-state index in [0.29, 0.717) is 0 Å². The van der Waals surface area contributed by atoms with E-state index in [4.69, 9.17) is 0 Å². The van der Waals surface area contributed by atoms with E-state index in [1.165, 1.54) is 59.9 Å². The van der Waals surface area contributed by atoms with Crippen molar-refractivity contribution in [2.45, 2.75) is 52.9 Å². The minimum Gasteiger partial charge on any atom is -0.0625 e. The van der Waals surface area contributed by atoms with E-state index in [2.05, 4.69) is 63.2 Å². The molecule has 0 atom stereocenters. The summed E-state index contributed by atoms with van der Waals surface area (Å²) in [6.45, 7) is 6.81. The Morgan fingerprint density at radius 2 is 1.55 bits per heavy atom. The minimum atomic E-state index is 0.905. The highest BCUT2D eigenvalue weighted by Crippen LogP contribution is 2.31. The second-order valence-corrected chi connectivity index (χ2v) is 7.27. The smallest absolute Gasteiger partial charge is 0.0152 e. The first kappa shape index (κ1) is 15.3. The van der Waals surface area contributed by atoms with Crippen molar-refractivity contribution in [3.05, 3.63) is 59.2 Å². The molecular formula is C22H28. The summed E-state index contributed by atoms with van der Waals surface area (Å²) in [4.78, 5) is 0. The Morgan fingerprint density at radius 1 is 0.864 bits per heavy atom. The van der Waals surface area contributed by atoms with Gasteiger partial charge in [-0.25, -0.2) is 0 Å². The molecular weight excluding hydrogens is 264 g/mol. The quantitative estimate of drug-likeness (QED) is 0.619. The summed E-state index contributed by atoms with van der Waals surface area (Å²) in [5, 5.41) is 0. The fourth-order valence-corrected chi connectivity index (χ4v) is 3.75. The molecule has 2 aromatic rings. The third kappa shape index (κ3) is 3.43. The third-order valence-electron chi connectivity index (χ3n) is 5.53. The Labute approximate surface area is 135 Å². The van der Waals surface area contributed by atoms with Gasteiger partial charge in [-0.15, -0.1) is 0 Å². The van der Waals surface area contributed by atoms with Crippen LogP contribution in [0.2, 0.25) is 0 Å². The lowest BCUT2D eigenvalue weighted by atomic mass is 9.80. The Balaban J connectivity index is 1.71. The molecule has 0 nitrogen and oxygen atoms in total. The van der Waals surface area contributed by atoms with E-state index in [0.717, 1.165) is 11.8 Å². The molecule has 0 bridgehead atoms. The average Bonchev–Trinajstić information content (AvgIpc) is 2.53. The lowest BCUT2D eigenvalue weighted by Gasteiger charge is -2.26. The largest absolute Gasteiger partial charge is 0.0625 e. The van der Waals surface area contributed by atoms with Gasteiger partial charge in [-0.3, -0.25) is 0 Å². The molecule has 3 rings (SSSR count). The molecule has 0 radical (unpaired) electrons. The fraction of sp³-hybridized carbons (Fsp3) is 0.455. The van der Waals surface area contributed by atoms with Crippen molar-refractivity contribution >= 4 is 0 Å². The van der Waals surface area contributed by atoms with Crippen LogP contribution in [-0.4, -0.2) is 0 Å². The van der Waals surface area contributed by atoms with Crippen LogP contribution in [0.25, 0.3) is 11.1 Å². The number of hydrogen-bond acceptors (Lipinski definition) is 0. The number of benzene rings is 2. The maximum Gasteiger partial charge on any atom is -0.0152 e. The molecule has 0 amide bonds. The van der Waals surface area contributed by atoms with Crippen LogP contribution in [0.15, 0.2) is 42.5 Å². The molecule has 0 N–H and O–H groups in total. The summed E-state index contributed by atoms with van der Waals surface area (Å²) in [6.07, 6.45) is 6.94. The molecule has 2 aromatic carbocycles. The van der Waals surface area contributed by atoms with Crippen molar-refractivity contribution in [3.63, 3.8) is 0 Å². The van der Waals surface area contributed by atoms with Gasteiger partial charge >= 0.3 is 0 Å². The van der Waals surface area contributed by atoms with Crippen LogP contribution < -0.4 is 0 Å². The number of rotatable bonds is 3. The van der Waals surface area contributed by atoms with Gasteiger partial charge in [0, 0.05) is 0 Å². The average molecular weight is 292 g/mol. The number of hydrogen-bond donors (Lipinski definition) is 0. The van der Waals surface area contributed by atoms with Crippen molar-refractivity contribution in [2.75, 3.05) is 0 Å². The van der Waals surface area contributed by atoms with Crippen LogP contribution in [0.3, 0.4) is 0 Å². The van der Waals surface area contributed by atoms with Crippen LogP contribution >= 0.6 is 0 Å². The monoisotopic (exact) mass is 292 g/mol. The van der Waals surface area contributed by atoms with Crippen molar-refractivity contribution < 1.29 is 0 Å². The van der Waals surface area contributed by atoms with E-state index >= 15 is 0 Å². The molecule has 1 fully saturated rings. The van der Waals surface area contributed by atoms with Crippen molar-refractivity contribution in [2.24, 2.45) is 11.8 Å². The van der Waals surface area contributed by atoms with Crippen LogP contribution in [0.4, 0.5) is 0 Å². The van der Waals surface area contributed by atoms with Crippen LogP contribution in [0, 0.1) is 25.7 Å². The summed E-state index contributed by atoms with van der Waals surface area (Å²) < 4.78 is 0. The van der Waals surface area contributed by atoms with E-state index < -0.39 is 0 Å². The molecule has 0 heteroatoms. The third-order valence-corrected chi connectivity index (χ3v) is 5.53. The molecule has 0 saturated heterocycles. The molecule has 0 spiro atoms. The summed E-state index contributed by atoms with van der Waals surface area (Å²) in [5.41, 5.74) is 7.00. The van der Waals surface area contributed by atoms with Gasteiger partial charge in [-0.05, 0) is 72.8 Å². The van der Waals surface area contributed by atoms with Gasteiger partial charge in [0.05, 0.1) is 0 Å². The highest BCUT2D eigenvalue weighted by molar-refractivity contribution is 5.68. The fourth-order valence-electron chi connectivity index (χ4n) is 3.75. The first-order valence-corrected chi connectivity index (χ1v) is 8.79. The van der Waals surface area contributed by atoms with Gasteiger partial charge in [0.15, 0.2) is 0 Å².